The summed E-state index contributed by atoms with van der Waals surface area (Å²) in [5.41, 5.74) is 0. The molecule has 3 unspecified atom stereocenters. The Morgan fingerprint density at radius 2 is 0.814 bits per heavy atom. The van der Waals surface area contributed by atoms with Crippen LogP contribution in [0.15, 0.2) is 134 Å². The number of phosphoric acid groups is 1. The number of unbranched alkanes of at least 4 members (excludes halogenated alkanes) is 8. The number of phosphoric ester groups is 1. The van der Waals surface area contributed by atoms with Gasteiger partial charge in [0.25, 0.3) is 0 Å². The summed E-state index contributed by atoms with van der Waals surface area (Å²) in [5.74, 6) is -1.74. The van der Waals surface area contributed by atoms with Gasteiger partial charge in [0.15, 0.2) is 6.10 Å². The summed E-state index contributed by atoms with van der Waals surface area (Å²) in [4.78, 5) is 48.2. The van der Waals surface area contributed by atoms with Crippen LogP contribution in [-0.4, -0.2) is 66.5 Å². The van der Waals surface area contributed by atoms with Gasteiger partial charge in [-0.2, -0.15) is 0 Å². The van der Waals surface area contributed by atoms with E-state index < -0.39 is 64.4 Å². The van der Waals surface area contributed by atoms with Gasteiger partial charge in [-0.3, -0.25) is 23.4 Å². The van der Waals surface area contributed by atoms with Crippen molar-refractivity contribution in [2.24, 2.45) is 0 Å². The van der Waals surface area contributed by atoms with Crippen LogP contribution >= 0.6 is 7.82 Å². The highest BCUT2D eigenvalue weighted by atomic mass is 31.2. The maximum absolute atomic E-state index is 12.8. The quantitative estimate of drug-likeness (QED) is 0.0197. The highest BCUT2D eigenvalue weighted by Gasteiger charge is 2.28. The van der Waals surface area contributed by atoms with Crippen molar-refractivity contribution < 1.29 is 52.2 Å². The number of rotatable bonds is 46. The summed E-state index contributed by atoms with van der Waals surface area (Å²) >= 11 is 0. The molecule has 0 saturated carbocycles. The van der Waals surface area contributed by atoms with Gasteiger partial charge in [0, 0.05) is 12.8 Å². The molecule has 394 valence electrons. The van der Waals surface area contributed by atoms with E-state index >= 15 is 0 Å². The van der Waals surface area contributed by atoms with E-state index in [4.69, 9.17) is 23.3 Å². The van der Waals surface area contributed by atoms with E-state index in [1.165, 1.54) is 19.3 Å². The summed E-state index contributed by atoms with van der Waals surface area (Å²) in [6.07, 6.45) is 63.2. The van der Waals surface area contributed by atoms with Crippen LogP contribution in [0.4, 0.5) is 0 Å². The lowest BCUT2D eigenvalue weighted by Crippen LogP contribution is -2.30. The van der Waals surface area contributed by atoms with Crippen molar-refractivity contribution in [2.45, 2.75) is 187 Å². The first-order valence-corrected chi connectivity index (χ1v) is 27.6. The third-order valence-corrected chi connectivity index (χ3v) is 11.0. The number of carbonyl (C=O) groups excluding carboxylic acids is 3. The van der Waals surface area contributed by atoms with Crippen LogP contribution in [0.25, 0.3) is 0 Å². The Hall–Kier alpha value is -4.38. The van der Waals surface area contributed by atoms with Gasteiger partial charge in [-0.25, -0.2) is 4.57 Å². The molecule has 0 spiro atoms. The van der Waals surface area contributed by atoms with Crippen molar-refractivity contribution in [2.75, 3.05) is 26.4 Å². The monoisotopic (exact) mass is 995 g/mol. The molecule has 0 heterocycles. The molecule has 0 bridgehead atoms. The van der Waals surface area contributed by atoms with E-state index in [0.29, 0.717) is 19.3 Å². The summed E-state index contributed by atoms with van der Waals surface area (Å²) < 4.78 is 39.1. The first-order valence-electron chi connectivity index (χ1n) is 26.1. The van der Waals surface area contributed by atoms with Crippen LogP contribution in [0.1, 0.15) is 175 Å². The number of esters is 3. The fourth-order valence-electron chi connectivity index (χ4n) is 6.18. The number of allylic oxidation sites excluding steroid dienone is 21. The van der Waals surface area contributed by atoms with Gasteiger partial charge in [0.1, 0.15) is 12.7 Å². The van der Waals surface area contributed by atoms with E-state index in [9.17, 15) is 28.9 Å². The van der Waals surface area contributed by atoms with Crippen LogP contribution in [0.5, 0.6) is 0 Å². The summed E-state index contributed by atoms with van der Waals surface area (Å²) in [6.45, 7) is 4.13. The Morgan fingerprint density at radius 3 is 1.30 bits per heavy atom. The molecular weight excluding hydrogens is 904 g/mol. The van der Waals surface area contributed by atoms with E-state index in [0.717, 1.165) is 96.3 Å². The Labute approximate surface area is 423 Å². The molecule has 0 aromatic rings. The van der Waals surface area contributed by atoms with Crippen molar-refractivity contribution in [1.82, 2.24) is 0 Å². The number of aliphatic hydroxyl groups excluding tert-OH is 1. The predicted molar refractivity (Wildman–Crippen MR) is 288 cm³/mol. The van der Waals surface area contributed by atoms with E-state index in [1.807, 2.05) is 30.4 Å². The topological polar surface area (TPSA) is 155 Å². The molecule has 11 nitrogen and oxygen atoms in total. The van der Waals surface area contributed by atoms with Gasteiger partial charge < -0.3 is 24.2 Å². The zero-order valence-electron chi connectivity index (χ0n) is 43.2. The molecule has 0 aliphatic rings. The zero-order valence-corrected chi connectivity index (χ0v) is 44.1. The average Bonchev–Trinajstić information content (AvgIpc) is 3.35. The molecule has 2 N–H and O–H groups in total. The smallest absolute Gasteiger partial charge is 0.461 e. The fraction of sp³-hybridized carbons (Fsp3) is 0.569. The molecular formula is C58H91O11P. The second-order valence-electron chi connectivity index (χ2n) is 16.6. The largest absolute Gasteiger partial charge is 0.472 e. The van der Waals surface area contributed by atoms with Crippen molar-refractivity contribution in [1.29, 1.82) is 0 Å². The second-order valence-corrected chi connectivity index (χ2v) is 18.0. The minimum absolute atomic E-state index is 0.0205. The van der Waals surface area contributed by atoms with E-state index in [2.05, 4.69) is 118 Å². The zero-order chi connectivity index (χ0) is 51.3. The normalized spacial score (nSPS) is 14.5. The van der Waals surface area contributed by atoms with Crippen LogP contribution in [0, 0.1) is 0 Å². The van der Waals surface area contributed by atoms with Gasteiger partial charge >= 0.3 is 25.7 Å². The minimum Gasteiger partial charge on any atom is -0.461 e. The lowest BCUT2D eigenvalue weighted by atomic mass is 10.1. The Bertz CT molecular complexity index is 1680. The molecule has 70 heavy (non-hydrogen) atoms. The number of hydrogen-bond acceptors (Lipinski definition) is 10. The molecule has 0 saturated heterocycles. The third-order valence-electron chi connectivity index (χ3n) is 10.1. The van der Waals surface area contributed by atoms with Gasteiger partial charge in [-0.05, 0) is 103 Å². The molecule has 0 aromatic carbocycles. The van der Waals surface area contributed by atoms with E-state index in [1.54, 1.807) is 6.08 Å². The maximum Gasteiger partial charge on any atom is 0.472 e. The fourth-order valence-corrected chi connectivity index (χ4v) is 6.96. The highest BCUT2D eigenvalue weighted by molar-refractivity contribution is 7.47. The van der Waals surface area contributed by atoms with Crippen molar-refractivity contribution in [3.8, 4) is 0 Å². The van der Waals surface area contributed by atoms with Crippen molar-refractivity contribution >= 4 is 25.7 Å². The standard InChI is InChI=1S/C58H91O11P/c1-4-7-10-13-16-19-22-25-27-30-32-35-38-41-44-47-56(60)65-51-55(69-58(62)49-46-43-40-37-34-31-28-26-23-20-17-14-11-8-5-2)53-67-70(63,64)66-52-54(50-59)68-57(61)48-45-42-39-36-33-29-24-21-18-15-12-9-6-3/h7,9-10,12,16-21,25-29,32-33,35,39,41-42,44,54-55,59H,4-6,8,11,13-15,22-24,30-31,34,36-38,40,43,45-53H2,1-3H3,(H,63,64)/b10-7-,12-9-,19-16-,20-17-,21-18-,27-25-,28-26-,33-29-,35-32-,42-39-,44-41-. The SMILES string of the molecule is CC/C=C\C/C=C\C/C=C\C/C=C\C/C=C\CC(=O)OCC(COP(=O)(O)OCC(CO)OC(=O)CC/C=C\C/C=C\C/C=C\C/C=C\CC)OC(=O)CCCCCCC/C=C\C/C=C\CCCCC. The highest BCUT2D eigenvalue weighted by Crippen LogP contribution is 2.43. The van der Waals surface area contributed by atoms with Gasteiger partial charge in [0.2, 0.25) is 0 Å². The van der Waals surface area contributed by atoms with Crippen LogP contribution in [-0.2, 0) is 42.2 Å². The number of ether oxygens (including phenoxy) is 3. The predicted octanol–water partition coefficient (Wildman–Crippen LogP) is 15.0. The number of aliphatic hydroxyl groups is 1. The van der Waals surface area contributed by atoms with Gasteiger partial charge in [-0.15, -0.1) is 0 Å². The molecule has 12 heteroatoms. The molecule has 0 aromatic heterocycles. The third kappa shape index (κ3) is 48.6. The van der Waals surface area contributed by atoms with Crippen LogP contribution in [0.2, 0.25) is 0 Å². The van der Waals surface area contributed by atoms with E-state index in [-0.39, 0.29) is 19.3 Å². The molecule has 0 aliphatic heterocycles. The lowest BCUT2D eigenvalue weighted by Gasteiger charge is -2.21. The lowest BCUT2D eigenvalue weighted by molar-refractivity contribution is -0.161. The van der Waals surface area contributed by atoms with Crippen molar-refractivity contribution in [3.05, 3.63) is 134 Å². The molecule has 0 rings (SSSR count). The average molecular weight is 995 g/mol. The Morgan fingerprint density at radius 1 is 0.429 bits per heavy atom. The molecule has 3 atom stereocenters. The molecule has 0 amide bonds. The van der Waals surface area contributed by atoms with Crippen LogP contribution < -0.4 is 0 Å². The molecule has 0 fully saturated rings. The number of hydrogen-bond donors (Lipinski definition) is 2. The first kappa shape index (κ1) is 65.6. The Balaban J connectivity index is 4.97. The summed E-state index contributed by atoms with van der Waals surface area (Å²) in [5, 5.41) is 9.76. The molecule has 0 radical (unpaired) electrons. The second kappa shape index (κ2) is 51.0. The summed E-state index contributed by atoms with van der Waals surface area (Å²) in [7, 11) is -4.79. The van der Waals surface area contributed by atoms with Gasteiger partial charge in [-0.1, -0.05) is 187 Å². The van der Waals surface area contributed by atoms with Crippen molar-refractivity contribution in [3.63, 3.8) is 0 Å². The number of carbonyl (C=O) groups is 3. The first-order chi connectivity index (χ1) is 34.2. The minimum atomic E-state index is -4.79. The Kier molecular flexibility index (Phi) is 47.8. The van der Waals surface area contributed by atoms with Crippen LogP contribution in [0.3, 0.4) is 0 Å². The maximum atomic E-state index is 12.8. The molecule has 0 aliphatic carbocycles. The summed E-state index contributed by atoms with van der Waals surface area (Å²) in [6, 6.07) is 0. The van der Waals surface area contributed by atoms with Gasteiger partial charge in [0.05, 0.1) is 26.2 Å².